The van der Waals surface area contributed by atoms with Crippen LogP contribution < -0.4 is 16.0 Å². The Morgan fingerprint density at radius 2 is 1.93 bits per heavy atom. The van der Waals surface area contributed by atoms with E-state index in [0.717, 1.165) is 18.4 Å². The number of sulfonamides is 1. The van der Waals surface area contributed by atoms with Gasteiger partial charge in [0, 0.05) is 49.8 Å². The van der Waals surface area contributed by atoms with Crippen LogP contribution in [0.2, 0.25) is 0 Å². The van der Waals surface area contributed by atoms with E-state index in [1.807, 2.05) is 19.9 Å². The van der Waals surface area contributed by atoms with Crippen LogP contribution in [0.5, 0.6) is 0 Å². The number of rotatable bonds is 7. The maximum atomic E-state index is 13.3. The van der Waals surface area contributed by atoms with Crippen molar-refractivity contribution < 1.29 is 13.2 Å². The maximum Gasteiger partial charge on any atom is 0.319 e. The molecule has 0 aliphatic carbocycles. The highest BCUT2D eigenvalue weighted by molar-refractivity contribution is 7.89. The zero-order valence-corrected chi connectivity index (χ0v) is 18.2. The van der Waals surface area contributed by atoms with Crippen molar-refractivity contribution in [3.63, 3.8) is 0 Å². The molecule has 30 heavy (non-hydrogen) atoms. The van der Waals surface area contributed by atoms with E-state index in [1.54, 1.807) is 47.0 Å². The van der Waals surface area contributed by atoms with Crippen molar-refractivity contribution in [2.45, 2.75) is 43.7 Å². The van der Waals surface area contributed by atoms with E-state index in [0.29, 0.717) is 31.9 Å². The zero-order chi connectivity index (χ0) is 21.6. The summed E-state index contributed by atoms with van der Waals surface area (Å²) in [5.74, 6) is 0. The van der Waals surface area contributed by atoms with E-state index in [2.05, 4.69) is 20.9 Å². The van der Waals surface area contributed by atoms with Crippen LogP contribution in [0, 0.1) is 0 Å². The summed E-state index contributed by atoms with van der Waals surface area (Å²) in [5, 5.41) is 8.79. The molecular formula is C21H29N5O3S. The number of hydrogen-bond acceptors (Lipinski definition) is 5. The second-order valence-electron chi connectivity index (χ2n) is 7.38. The fourth-order valence-electron chi connectivity index (χ4n) is 3.75. The summed E-state index contributed by atoms with van der Waals surface area (Å²) < 4.78 is 28.3. The van der Waals surface area contributed by atoms with Gasteiger partial charge in [-0.15, -0.1) is 0 Å². The second kappa shape index (κ2) is 9.55. The molecule has 8 nitrogen and oxygen atoms in total. The van der Waals surface area contributed by atoms with Crippen LogP contribution in [0.3, 0.4) is 0 Å². The van der Waals surface area contributed by atoms with E-state index >= 15 is 0 Å². The first kappa shape index (κ1) is 22.2. The van der Waals surface area contributed by atoms with Gasteiger partial charge in [0.15, 0.2) is 0 Å². The number of anilines is 1. The number of nitrogens with one attached hydrogen (secondary N) is 3. The van der Waals surface area contributed by atoms with Gasteiger partial charge in [0.2, 0.25) is 10.0 Å². The molecule has 3 N–H and O–H groups in total. The van der Waals surface area contributed by atoms with Crippen LogP contribution in [0.25, 0.3) is 0 Å². The first-order chi connectivity index (χ1) is 14.4. The van der Waals surface area contributed by atoms with Crippen molar-refractivity contribution in [1.82, 2.24) is 19.9 Å². The number of benzene rings is 1. The third-order valence-electron chi connectivity index (χ3n) is 5.67. The molecule has 0 unspecified atom stereocenters. The first-order valence-electron chi connectivity index (χ1n) is 10.2. The molecule has 0 saturated carbocycles. The van der Waals surface area contributed by atoms with Gasteiger partial charge in [-0.1, -0.05) is 19.9 Å². The standard InChI is InChI=1S/C21H29N5O3S/c1-3-21(4-2)16-23-12-13-26(21)30(28,29)19-9-7-18(8-10-19)25-20(27)24-15-17-6-5-11-22-14-17/h5-11,14,23H,3-4,12-13,15-16H2,1-2H3,(H2,24,25,27). The minimum atomic E-state index is -3.63. The number of hydrogen-bond donors (Lipinski definition) is 3. The summed E-state index contributed by atoms with van der Waals surface area (Å²) in [5.41, 5.74) is 0.996. The van der Waals surface area contributed by atoms with Crippen LogP contribution in [0.1, 0.15) is 32.3 Å². The number of nitrogens with zero attached hydrogens (tertiary/aromatic N) is 2. The van der Waals surface area contributed by atoms with Crippen LogP contribution in [0.4, 0.5) is 10.5 Å². The predicted molar refractivity (Wildman–Crippen MR) is 117 cm³/mol. The van der Waals surface area contributed by atoms with Gasteiger partial charge in [0.25, 0.3) is 0 Å². The molecule has 0 radical (unpaired) electrons. The average molecular weight is 432 g/mol. The highest BCUT2D eigenvalue weighted by atomic mass is 32.2. The summed E-state index contributed by atoms with van der Waals surface area (Å²) in [6, 6.07) is 9.62. The Morgan fingerprint density at radius 1 is 1.20 bits per heavy atom. The molecule has 3 rings (SSSR count). The molecule has 1 aromatic carbocycles. The third-order valence-corrected chi connectivity index (χ3v) is 7.69. The Bertz CT molecular complexity index is 944. The summed E-state index contributed by atoms with van der Waals surface area (Å²) in [6.07, 6.45) is 4.84. The number of carbonyl (C=O) groups is 1. The number of piperazine rings is 1. The minimum absolute atomic E-state index is 0.233. The predicted octanol–water partition coefficient (Wildman–Crippen LogP) is 2.56. The number of urea groups is 1. The van der Waals surface area contributed by atoms with Crippen LogP contribution >= 0.6 is 0 Å². The average Bonchev–Trinajstić information content (AvgIpc) is 2.78. The monoisotopic (exact) mass is 431 g/mol. The van der Waals surface area contributed by atoms with Gasteiger partial charge in [-0.05, 0) is 48.7 Å². The third kappa shape index (κ3) is 4.80. The van der Waals surface area contributed by atoms with Crippen LogP contribution in [0.15, 0.2) is 53.7 Å². The van der Waals surface area contributed by atoms with E-state index in [-0.39, 0.29) is 10.9 Å². The summed E-state index contributed by atoms with van der Waals surface area (Å²) in [4.78, 5) is 16.3. The molecule has 1 aliphatic heterocycles. The van der Waals surface area contributed by atoms with Gasteiger partial charge in [-0.25, -0.2) is 13.2 Å². The molecule has 1 saturated heterocycles. The molecule has 2 aromatic rings. The second-order valence-corrected chi connectivity index (χ2v) is 9.24. The van der Waals surface area contributed by atoms with E-state index in [1.165, 1.54) is 0 Å². The quantitative estimate of drug-likeness (QED) is 0.625. The van der Waals surface area contributed by atoms with Crippen molar-refractivity contribution in [1.29, 1.82) is 0 Å². The largest absolute Gasteiger partial charge is 0.334 e. The minimum Gasteiger partial charge on any atom is -0.334 e. The SMILES string of the molecule is CCC1(CC)CNCCN1S(=O)(=O)c1ccc(NC(=O)NCc2cccnc2)cc1. The van der Waals surface area contributed by atoms with Gasteiger partial charge >= 0.3 is 6.03 Å². The van der Waals surface area contributed by atoms with Crippen molar-refractivity contribution >= 4 is 21.7 Å². The lowest BCUT2D eigenvalue weighted by atomic mass is 9.91. The number of pyridine rings is 1. The lowest BCUT2D eigenvalue weighted by Crippen LogP contribution is -2.62. The van der Waals surface area contributed by atoms with E-state index in [9.17, 15) is 13.2 Å². The molecule has 1 aliphatic rings. The molecule has 0 spiro atoms. The molecule has 0 atom stereocenters. The van der Waals surface area contributed by atoms with E-state index in [4.69, 9.17) is 0 Å². The van der Waals surface area contributed by atoms with Gasteiger partial charge in [0.1, 0.15) is 0 Å². The Kier molecular flexibility index (Phi) is 7.06. The molecule has 1 fully saturated rings. The van der Waals surface area contributed by atoms with Gasteiger partial charge in [-0.2, -0.15) is 4.31 Å². The lowest BCUT2D eigenvalue weighted by Gasteiger charge is -2.45. The maximum absolute atomic E-state index is 13.3. The molecular weight excluding hydrogens is 402 g/mol. The van der Waals surface area contributed by atoms with Crippen LogP contribution in [-0.2, 0) is 16.6 Å². The lowest BCUT2D eigenvalue weighted by molar-refractivity contribution is 0.136. The van der Waals surface area contributed by atoms with Crippen molar-refractivity contribution in [3.05, 3.63) is 54.4 Å². The van der Waals surface area contributed by atoms with Gasteiger partial charge < -0.3 is 16.0 Å². The summed E-state index contributed by atoms with van der Waals surface area (Å²) in [7, 11) is -3.63. The first-order valence-corrected chi connectivity index (χ1v) is 11.6. The fourth-order valence-corrected chi connectivity index (χ4v) is 5.65. The zero-order valence-electron chi connectivity index (χ0n) is 17.4. The molecule has 9 heteroatoms. The molecule has 1 aromatic heterocycles. The van der Waals surface area contributed by atoms with Crippen molar-refractivity contribution in [2.75, 3.05) is 25.0 Å². The van der Waals surface area contributed by atoms with Crippen LogP contribution in [-0.4, -0.2) is 48.9 Å². The smallest absolute Gasteiger partial charge is 0.319 e. The fraction of sp³-hybridized carbons (Fsp3) is 0.429. The molecule has 0 bridgehead atoms. The number of carbonyl (C=O) groups excluding carboxylic acids is 1. The Morgan fingerprint density at radius 3 is 2.57 bits per heavy atom. The normalized spacial score (nSPS) is 16.7. The Hall–Kier alpha value is -2.49. The Balaban J connectivity index is 1.67. The molecule has 2 amide bonds. The Labute approximate surface area is 178 Å². The highest BCUT2D eigenvalue weighted by Crippen LogP contribution is 2.32. The van der Waals surface area contributed by atoms with Crippen molar-refractivity contribution in [3.8, 4) is 0 Å². The highest BCUT2D eigenvalue weighted by Gasteiger charge is 2.43. The molecule has 162 valence electrons. The van der Waals surface area contributed by atoms with E-state index < -0.39 is 15.6 Å². The van der Waals surface area contributed by atoms with Crippen molar-refractivity contribution in [2.24, 2.45) is 0 Å². The topological polar surface area (TPSA) is 103 Å². The number of amides is 2. The summed E-state index contributed by atoms with van der Waals surface area (Å²) in [6.45, 7) is 6.13. The van der Waals surface area contributed by atoms with Gasteiger partial charge in [0.05, 0.1) is 4.90 Å². The molecule has 2 heterocycles. The number of aromatic nitrogens is 1. The van der Waals surface area contributed by atoms with Gasteiger partial charge in [-0.3, -0.25) is 4.98 Å². The summed E-state index contributed by atoms with van der Waals surface area (Å²) >= 11 is 0.